The summed E-state index contributed by atoms with van der Waals surface area (Å²) < 4.78 is 27.0. The summed E-state index contributed by atoms with van der Waals surface area (Å²) >= 11 is 1.22. The minimum atomic E-state index is -3.51. The highest BCUT2D eigenvalue weighted by Gasteiger charge is 2.24. The molecular weight excluding hydrogens is 290 g/mol. The fraction of sp³-hybridized carbons (Fsp3) is 0.200. The maximum absolute atomic E-state index is 12.6. The summed E-state index contributed by atoms with van der Waals surface area (Å²) in [6.45, 7) is 5.98. The van der Waals surface area contributed by atoms with Crippen molar-refractivity contribution in [3.8, 4) is 0 Å². The Morgan fingerprint density at radius 2 is 1.95 bits per heavy atom. The number of anilines is 1. The third-order valence-corrected chi connectivity index (χ3v) is 6.13. The van der Waals surface area contributed by atoms with Crippen LogP contribution in [-0.2, 0) is 16.4 Å². The van der Waals surface area contributed by atoms with Crippen molar-refractivity contribution in [2.45, 2.75) is 17.6 Å². The number of hydrogen-bond acceptors (Lipinski definition) is 3. The molecular formula is C15H17NO2S2. The first kappa shape index (κ1) is 14.8. The average molecular weight is 307 g/mol. The Balaban J connectivity index is 2.42. The van der Waals surface area contributed by atoms with Crippen molar-refractivity contribution < 1.29 is 8.42 Å². The molecule has 0 spiro atoms. The van der Waals surface area contributed by atoms with Crippen molar-refractivity contribution in [1.29, 1.82) is 0 Å². The second-order valence-corrected chi connectivity index (χ2v) is 7.31. The topological polar surface area (TPSA) is 37.4 Å². The van der Waals surface area contributed by atoms with Crippen LogP contribution in [0.4, 0.5) is 5.69 Å². The fourth-order valence-electron chi connectivity index (χ4n) is 1.88. The second-order valence-electron chi connectivity index (χ2n) is 4.28. The number of benzene rings is 1. The number of rotatable bonds is 6. The molecule has 0 amide bonds. The molecule has 0 fully saturated rings. The monoisotopic (exact) mass is 307 g/mol. The standard InChI is InChI=1S/C15H17NO2S2/c1-3-11-16(14-9-7-13(4-2)8-10-14)20(17,18)15-6-5-12-19-15/h3,5-10,12H,1,4,11H2,2H3. The van der Waals surface area contributed by atoms with Crippen LogP contribution in [0.1, 0.15) is 12.5 Å². The Bertz CT molecular complexity index is 658. The molecule has 1 aromatic heterocycles. The normalized spacial score (nSPS) is 11.2. The smallest absolute Gasteiger partial charge is 0.262 e. The molecule has 2 aromatic rings. The number of aryl methyl sites for hydroxylation is 1. The number of thiophene rings is 1. The molecule has 1 heterocycles. The molecule has 20 heavy (non-hydrogen) atoms. The van der Waals surface area contributed by atoms with E-state index in [0.29, 0.717) is 9.90 Å². The Hall–Kier alpha value is -1.59. The van der Waals surface area contributed by atoms with Crippen LogP contribution < -0.4 is 4.31 Å². The summed E-state index contributed by atoms with van der Waals surface area (Å²) in [4.78, 5) is 0. The van der Waals surface area contributed by atoms with Crippen LogP contribution in [0.5, 0.6) is 0 Å². The maximum Gasteiger partial charge on any atom is 0.274 e. The van der Waals surface area contributed by atoms with Crippen molar-refractivity contribution in [3.63, 3.8) is 0 Å². The molecule has 5 heteroatoms. The number of hydrogen-bond donors (Lipinski definition) is 0. The maximum atomic E-state index is 12.6. The van der Waals surface area contributed by atoms with E-state index in [9.17, 15) is 8.42 Å². The lowest BCUT2D eigenvalue weighted by Crippen LogP contribution is -2.30. The van der Waals surface area contributed by atoms with Crippen LogP contribution >= 0.6 is 11.3 Å². The van der Waals surface area contributed by atoms with Gasteiger partial charge in [0.1, 0.15) is 4.21 Å². The van der Waals surface area contributed by atoms with E-state index >= 15 is 0 Å². The van der Waals surface area contributed by atoms with Crippen LogP contribution in [0.15, 0.2) is 58.6 Å². The van der Waals surface area contributed by atoms with Gasteiger partial charge < -0.3 is 0 Å². The summed E-state index contributed by atoms with van der Waals surface area (Å²) in [6.07, 6.45) is 2.53. The van der Waals surface area contributed by atoms with E-state index < -0.39 is 10.0 Å². The highest BCUT2D eigenvalue weighted by Crippen LogP contribution is 2.26. The molecule has 0 aliphatic carbocycles. The van der Waals surface area contributed by atoms with E-state index in [1.54, 1.807) is 23.6 Å². The minimum Gasteiger partial charge on any atom is -0.262 e. The van der Waals surface area contributed by atoms with Crippen molar-refractivity contribution in [2.24, 2.45) is 0 Å². The Morgan fingerprint density at radius 1 is 1.25 bits per heavy atom. The molecule has 0 unspecified atom stereocenters. The van der Waals surface area contributed by atoms with Gasteiger partial charge in [-0.2, -0.15) is 0 Å². The largest absolute Gasteiger partial charge is 0.274 e. The molecule has 0 N–H and O–H groups in total. The molecule has 0 aliphatic rings. The van der Waals surface area contributed by atoms with Gasteiger partial charge in [-0.05, 0) is 35.6 Å². The van der Waals surface area contributed by atoms with Gasteiger partial charge in [0.15, 0.2) is 0 Å². The van der Waals surface area contributed by atoms with Crippen molar-refractivity contribution >= 4 is 27.0 Å². The van der Waals surface area contributed by atoms with Gasteiger partial charge in [0, 0.05) is 0 Å². The van der Waals surface area contributed by atoms with E-state index in [4.69, 9.17) is 0 Å². The summed E-state index contributed by atoms with van der Waals surface area (Å²) in [5.41, 5.74) is 1.84. The first-order chi connectivity index (χ1) is 9.59. The van der Waals surface area contributed by atoms with Crippen LogP contribution in [-0.4, -0.2) is 15.0 Å². The zero-order valence-corrected chi connectivity index (χ0v) is 13.0. The highest BCUT2D eigenvalue weighted by molar-refractivity contribution is 7.94. The lowest BCUT2D eigenvalue weighted by molar-refractivity contribution is 0.595. The fourth-order valence-corrected chi connectivity index (χ4v) is 4.42. The molecule has 0 radical (unpaired) electrons. The van der Waals surface area contributed by atoms with Gasteiger partial charge in [-0.15, -0.1) is 17.9 Å². The van der Waals surface area contributed by atoms with Gasteiger partial charge in [0.2, 0.25) is 0 Å². The van der Waals surface area contributed by atoms with Crippen molar-refractivity contribution in [2.75, 3.05) is 10.8 Å². The SMILES string of the molecule is C=CCN(c1ccc(CC)cc1)S(=O)(=O)c1cccs1. The molecule has 106 valence electrons. The Kier molecular flexibility index (Phi) is 4.62. The summed E-state index contributed by atoms with van der Waals surface area (Å²) in [5, 5.41) is 1.76. The van der Waals surface area contributed by atoms with E-state index in [1.807, 2.05) is 24.3 Å². The predicted molar refractivity (Wildman–Crippen MR) is 84.9 cm³/mol. The number of nitrogens with zero attached hydrogens (tertiary/aromatic N) is 1. The lowest BCUT2D eigenvalue weighted by Gasteiger charge is -2.22. The van der Waals surface area contributed by atoms with Crippen LogP contribution in [0.3, 0.4) is 0 Å². The lowest BCUT2D eigenvalue weighted by atomic mass is 10.1. The molecule has 0 aliphatic heterocycles. The molecule has 0 atom stereocenters. The van der Waals surface area contributed by atoms with Gasteiger partial charge in [-0.1, -0.05) is 31.2 Å². The predicted octanol–water partition coefficient (Wildman–Crippen LogP) is 3.69. The third-order valence-electron chi connectivity index (χ3n) is 2.97. The van der Waals surface area contributed by atoms with E-state index in [2.05, 4.69) is 13.5 Å². The quantitative estimate of drug-likeness (QED) is 0.763. The summed E-state index contributed by atoms with van der Waals surface area (Å²) in [5.74, 6) is 0. The average Bonchev–Trinajstić information content (AvgIpc) is 3.00. The zero-order chi connectivity index (χ0) is 14.6. The molecule has 0 bridgehead atoms. The van der Waals surface area contributed by atoms with Gasteiger partial charge in [-0.3, -0.25) is 4.31 Å². The van der Waals surface area contributed by atoms with Gasteiger partial charge in [-0.25, -0.2) is 8.42 Å². The third kappa shape index (κ3) is 2.94. The van der Waals surface area contributed by atoms with Crippen molar-refractivity contribution in [3.05, 3.63) is 60.0 Å². The minimum absolute atomic E-state index is 0.256. The van der Waals surface area contributed by atoms with Crippen LogP contribution in [0.2, 0.25) is 0 Å². The number of sulfonamides is 1. The first-order valence-electron chi connectivity index (χ1n) is 6.35. The molecule has 0 saturated heterocycles. The van der Waals surface area contributed by atoms with Gasteiger partial charge >= 0.3 is 0 Å². The molecule has 1 aromatic carbocycles. The van der Waals surface area contributed by atoms with Gasteiger partial charge in [0.05, 0.1) is 12.2 Å². The first-order valence-corrected chi connectivity index (χ1v) is 8.67. The van der Waals surface area contributed by atoms with Crippen LogP contribution in [0.25, 0.3) is 0 Å². The summed E-state index contributed by atoms with van der Waals surface area (Å²) in [6, 6.07) is 11.0. The Labute approximate surface area is 124 Å². The molecule has 2 rings (SSSR count). The second kappa shape index (κ2) is 6.24. The van der Waals surface area contributed by atoms with E-state index in [1.165, 1.54) is 21.2 Å². The molecule has 3 nitrogen and oxygen atoms in total. The zero-order valence-electron chi connectivity index (χ0n) is 11.3. The highest BCUT2D eigenvalue weighted by atomic mass is 32.2. The van der Waals surface area contributed by atoms with Gasteiger partial charge in [0.25, 0.3) is 10.0 Å². The Morgan fingerprint density at radius 3 is 2.45 bits per heavy atom. The van der Waals surface area contributed by atoms with E-state index in [-0.39, 0.29) is 6.54 Å². The van der Waals surface area contributed by atoms with E-state index in [0.717, 1.165) is 6.42 Å². The van der Waals surface area contributed by atoms with Crippen molar-refractivity contribution in [1.82, 2.24) is 0 Å². The summed E-state index contributed by atoms with van der Waals surface area (Å²) in [7, 11) is -3.51. The molecule has 0 saturated carbocycles. The van der Waals surface area contributed by atoms with Crippen LogP contribution in [0, 0.1) is 0 Å².